The van der Waals surface area contributed by atoms with Gasteiger partial charge >= 0.3 is 23.9 Å². The molecule has 11 N–H and O–H groups in total. The van der Waals surface area contributed by atoms with Gasteiger partial charge in [-0.05, 0) is 32.2 Å². The van der Waals surface area contributed by atoms with E-state index in [1.807, 2.05) is 5.32 Å². The molecule has 16 heteroatoms. The van der Waals surface area contributed by atoms with Gasteiger partial charge in [0.25, 0.3) is 0 Å². The van der Waals surface area contributed by atoms with Crippen LogP contribution >= 0.6 is 0 Å². The van der Waals surface area contributed by atoms with Gasteiger partial charge in [0.15, 0.2) is 0 Å². The summed E-state index contributed by atoms with van der Waals surface area (Å²) < 4.78 is 0. The lowest BCUT2D eigenvalue weighted by Gasteiger charge is -2.24. The predicted molar refractivity (Wildman–Crippen MR) is 116 cm³/mol. The van der Waals surface area contributed by atoms with Gasteiger partial charge < -0.3 is 47.8 Å². The molecule has 0 aliphatic rings. The Morgan fingerprint density at radius 3 is 1.57 bits per heavy atom. The van der Waals surface area contributed by atoms with Crippen LogP contribution < -0.4 is 27.4 Å². The first-order valence-electron chi connectivity index (χ1n) is 10.5. The van der Waals surface area contributed by atoms with Crippen LogP contribution in [0.3, 0.4) is 0 Å². The molecule has 3 amide bonds. The molecule has 16 nitrogen and oxygen atoms in total. The van der Waals surface area contributed by atoms with Gasteiger partial charge in [0, 0.05) is 6.42 Å². The zero-order valence-electron chi connectivity index (χ0n) is 18.8. The summed E-state index contributed by atoms with van der Waals surface area (Å²) in [5, 5.41) is 42.1. The minimum absolute atomic E-state index is 0.0354. The molecule has 0 rings (SSSR count). The quantitative estimate of drug-likeness (QED) is 0.0830. The number of carboxylic acids is 4. The van der Waals surface area contributed by atoms with Gasteiger partial charge in [0.05, 0.1) is 18.9 Å². The maximum atomic E-state index is 12.8. The number of carbonyl (C=O) groups is 7. The number of nitrogens with one attached hydrogen (secondary N) is 3. The minimum Gasteiger partial charge on any atom is -0.481 e. The topological polar surface area (TPSA) is 289 Å². The largest absolute Gasteiger partial charge is 0.481 e. The van der Waals surface area contributed by atoms with E-state index in [1.165, 1.54) is 0 Å². The summed E-state index contributed by atoms with van der Waals surface area (Å²) in [6.07, 6.45) is -1.99. The third kappa shape index (κ3) is 13.5. The summed E-state index contributed by atoms with van der Waals surface area (Å²) in [7, 11) is 0. The van der Waals surface area contributed by atoms with E-state index in [0.717, 1.165) is 0 Å². The monoisotopic (exact) mass is 505 g/mol. The molecule has 0 heterocycles. The van der Waals surface area contributed by atoms with Crippen LogP contribution in [0.15, 0.2) is 0 Å². The van der Waals surface area contributed by atoms with Gasteiger partial charge in [-0.3, -0.25) is 28.8 Å². The highest BCUT2D eigenvalue weighted by Crippen LogP contribution is 2.06. The first kappa shape index (κ1) is 31.2. The highest BCUT2D eigenvalue weighted by molar-refractivity contribution is 5.95. The highest BCUT2D eigenvalue weighted by Gasteiger charge is 2.31. The molecular weight excluding hydrogens is 474 g/mol. The summed E-state index contributed by atoms with van der Waals surface area (Å²) in [5.74, 6) is -8.88. The highest BCUT2D eigenvalue weighted by atomic mass is 16.4. The lowest BCUT2D eigenvalue weighted by atomic mass is 10.0. The Balaban J connectivity index is 5.61. The third-order valence-corrected chi connectivity index (χ3v) is 4.58. The maximum absolute atomic E-state index is 12.8. The standard InChI is InChI=1S/C19H31N5O11/c20-6-2-1-3-10(17(32)24-12(19(34)35)8-15(29)30)23-18(33)11(4-5-13(25)26)22-16(31)9(21)7-14(27)28/h9-12H,1-8,20-21H2,(H,22,31)(H,23,33)(H,24,32)(H,25,26)(H,27,28)(H,29,30)(H,34,35). The smallest absolute Gasteiger partial charge is 0.326 e. The van der Waals surface area contributed by atoms with Crippen LogP contribution in [0.4, 0.5) is 0 Å². The molecule has 35 heavy (non-hydrogen) atoms. The number of rotatable bonds is 18. The minimum atomic E-state index is -1.79. The van der Waals surface area contributed by atoms with Crippen molar-refractivity contribution >= 4 is 41.6 Å². The Bertz CT molecular complexity index is 804. The van der Waals surface area contributed by atoms with Crippen molar-refractivity contribution in [2.45, 2.75) is 69.1 Å². The second-order valence-corrected chi connectivity index (χ2v) is 7.54. The van der Waals surface area contributed by atoms with Gasteiger partial charge in [0.2, 0.25) is 17.7 Å². The van der Waals surface area contributed by atoms with Crippen LogP contribution in [-0.2, 0) is 33.6 Å². The number of carboxylic acid groups (broad SMARTS) is 4. The van der Waals surface area contributed by atoms with Gasteiger partial charge in [0.1, 0.15) is 18.1 Å². The fraction of sp³-hybridized carbons (Fsp3) is 0.632. The predicted octanol–water partition coefficient (Wildman–Crippen LogP) is -3.20. The van der Waals surface area contributed by atoms with E-state index < -0.39 is 91.4 Å². The number of unbranched alkanes of at least 4 members (excludes halogenated alkanes) is 1. The van der Waals surface area contributed by atoms with Crippen molar-refractivity contribution in [2.75, 3.05) is 6.54 Å². The van der Waals surface area contributed by atoms with Gasteiger partial charge in [-0.2, -0.15) is 0 Å². The fourth-order valence-corrected chi connectivity index (χ4v) is 2.78. The van der Waals surface area contributed by atoms with Gasteiger partial charge in [-0.1, -0.05) is 0 Å². The van der Waals surface area contributed by atoms with Crippen molar-refractivity contribution in [3.63, 3.8) is 0 Å². The van der Waals surface area contributed by atoms with Crippen LogP contribution in [0.25, 0.3) is 0 Å². The molecule has 0 aliphatic heterocycles. The van der Waals surface area contributed by atoms with Crippen molar-refractivity contribution in [1.29, 1.82) is 0 Å². The number of nitrogens with two attached hydrogens (primary N) is 2. The Morgan fingerprint density at radius 2 is 1.11 bits per heavy atom. The number of aliphatic carboxylic acids is 4. The normalized spacial score (nSPS) is 14.0. The summed E-state index contributed by atoms with van der Waals surface area (Å²) in [5.41, 5.74) is 10.9. The molecule has 0 saturated carbocycles. The second-order valence-electron chi connectivity index (χ2n) is 7.54. The van der Waals surface area contributed by atoms with Crippen LogP contribution in [0.2, 0.25) is 0 Å². The Labute approximate surface area is 199 Å². The molecule has 0 aromatic heterocycles. The Morgan fingerprint density at radius 1 is 0.629 bits per heavy atom. The lowest BCUT2D eigenvalue weighted by Crippen LogP contribution is -2.57. The summed E-state index contributed by atoms with van der Waals surface area (Å²) >= 11 is 0. The average Bonchev–Trinajstić information content (AvgIpc) is 2.74. The SMILES string of the molecule is NCCCCC(NC(=O)C(CCC(=O)O)NC(=O)C(N)CC(=O)O)C(=O)NC(CC(=O)O)C(=O)O. The van der Waals surface area contributed by atoms with E-state index in [0.29, 0.717) is 12.8 Å². The first-order valence-corrected chi connectivity index (χ1v) is 10.5. The zero-order chi connectivity index (χ0) is 27.1. The zero-order valence-corrected chi connectivity index (χ0v) is 18.8. The van der Waals surface area contributed by atoms with E-state index >= 15 is 0 Å². The van der Waals surface area contributed by atoms with Crippen molar-refractivity contribution in [3.05, 3.63) is 0 Å². The Kier molecular flexibility index (Phi) is 14.2. The molecule has 0 spiro atoms. The first-order chi connectivity index (χ1) is 16.3. The lowest BCUT2D eigenvalue weighted by molar-refractivity contribution is -0.147. The molecule has 0 aromatic carbocycles. The third-order valence-electron chi connectivity index (χ3n) is 4.58. The molecule has 0 saturated heterocycles. The molecule has 0 aromatic rings. The average molecular weight is 505 g/mol. The summed E-state index contributed by atoms with van der Waals surface area (Å²) in [4.78, 5) is 81.4. The molecular formula is C19H31N5O11. The molecule has 0 fully saturated rings. The van der Waals surface area contributed by atoms with Crippen LogP contribution in [0, 0.1) is 0 Å². The van der Waals surface area contributed by atoms with E-state index in [1.54, 1.807) is 0 Å². The molecule has 198 valence electrons. The van der Waals surface area contributed by atoms with E-state index in [9.17, 15) is 33.6 Å². The van der Waals surface area contributed by atoms with Crippen molar-refractivity contribution in [2.24, 2.45) is 11.5 Å². The second kappa shape index (κ2) is 15.9. The van der Waals surface area contributed by atoms with Crippen LogP contribution in [0.5, 0.6) is 0 Å². The number of amides is 3. The van der Waals surface area contributed by atoms with E-state index in [2.05, 4.69) is 10.6 Å². The summed E-state index contributed by atoms with van der Waals surface area (Å²) in [6, 6.07) is -6.21. The molecule has 0 bridgehead atoms. The molecule has 0 radical (unpaired) electrons. The Hall–Kier alpha value is -3.79. The number of hydrogen-bond donors (Lipinski definition) is 9. The van der Waals surface area contributed by atoms with Crippen LogP contribution in [0.1, 0.15) is 44.9 Å². The van der Waals surface area contributed by atoms with E-state index in [-0.39, 0.29) is 13.0 Å². The van der Waals surface area contributed by atoms with Crippen LogP contribution in [-0.4, -0.2) is 92.7 Å². The maximum Gasteiger partial charge on any atom is 0.326 e. The van der Waals surface area contributed by atoms with Crippen molar-refractivity contribution in [3.8, 4) is 0 Å². The van der Waals surface area contributed by atoms with Crippen molar-refractivity contribution in [1.82, 2.24) is 16.0 Å². The summed E-state index contributed by atoms with van der Waals surface area (Å²) in [6.45, 7) is 0.248. The van der Waals surface area contributed by atoms with E-state index in [4.69, 9.17) is 31.9 Å². The van der Waals surface area contributed by atoms with Gasteiger partial charge in [-0.15, -0.1) is 0 Å². The number of carbonyl (C=O) groups excluding carboxylic acids is 3. The molecule has 0 aliphatic carbocycles. The van der Waals surface area contributed by atoms with Crippen molar-refractivity contribution < 1.29 is 54.0 Å². The molecule has 4 atom stereocenters. The fourth-order valence-electron chi connectivity index (χ4n) is 2.78. The number of hydrogen-bond acceptors (Lipinski definition) is 9. The molecule has 4 unspecified atom stereocenters. The van der Waals surface area contributed by atoms with Gasteiger partial charge in [-0.25, -0.2) is 4.79 Å².